The molecule has 4 rings (SSSR count). The van der Waals surface area contributed by atoms with E-state index in [0.29, 0.717) is 9.90 Å². The van der Waals surface area contributed by atoms with Gasteiger partial charge in [-0.15, -0.1) is 22.7 Å². The maximum absolute atomic E-state index is 12.7. The molecule has 41 heavy (non-hydrogen) atoms. The first-order valence-electron chi connectivity index (χ1n) is 11.9. The van der Waals surface area contributed by atoms with Gasteiger partial charge < -0.3 is 5.73 Å². The Morgan fingerprint density at radius 1 is 0.976 bits per heavy atom. The normalized spacial score (nSPS) is 9.46. The number of rotatable bonds is 4. The minimum absolute atomic E-state index is 0.00368. The Morgan fingerprint density at radius 3 is 2.15 bits per heavy atom. The first-order valence-corrected chi connectivity index (χ1v) is 14.8. The Balaban J connectivity index is 0.000000325. The van der Waals surface area contributed by atoms with Crippen LogP contribution in [0.1, 0.15) is 13.8 Å². The summed E-state index contributed by atoms with van der Waals surface area (Å²) >= 11 is 2.97. The second-order valence-electron chi connectivity index (χ2n) is 7.70. The number of hydrogen-bond acceptors (Lipinski definition) is 7. The SMILES string of the molecule is C=C=C=C=C=C=C.C=C=C=C=C=C=NC.CC(C)S(=O)c1sc2nc(-c3nccs3)cc(-c3ccccc3)c2c1N. The summed E-state index contributed by atoms with van der Waals surface area (Å²) in [6, 6.07) is 12.1. The van der Waals surface area contributed by atoms with Crippen molar-refractivity contribution in [2.45, 2.75) is 23.3 Å². The number of nitrogens with zero attached hydrogens (tertiary/aromatic N) is 3. The molecule has 2 N–H and O–H groups in total. The van der Waals surface area contributed by atoms with Crippen molar-refractivity contribution < 1.29 is 4.21 Å². The number of thiophene rings is 1. The molecule has 0 fully saturated rings. The lowest BCUT2D eigenvalue weighted by atomic mass is 10.0. The molecule has 1 aromatic carbocycles. The second-order valence-corrected chi connectivity index (χ2v) is 11.8. The largest absolute Gasteiger partial charge is 0.396 e. The summed E-state index contributed by atoms with van der Waals surface area (Å²) in [7, 11) is 0.457. The third-order valence-electron chi connectivity index (χ3n) is 4.69. The fourth-order valence-corrected chi connectivity index (χ4v) is 6.39. The number of benzene rings is 1. The van der Waals surface area contributed by atoms with E-state index < -0.39 is 10.8 Å². The van der Waals surface area contributed by atoms with Gasteiger partial charge in [0.2, 0.25) is 0 Å². The number of thiazole rings is 1. The Kier molecular flexibility index (Phi) is 13.9. The Labute approximate surface area is 250 Å². The van der Waals surface area contributed by atoms with Crippen LogP contribution in [0.3, 0.4) is 0 Å². The van der Waals surface area contributed by atoms with E-state index in [-0.39, 0.29) is 5.25 Å². The van der Waals surface area contributed by atoms with Crippen LogP contribution in [0.25, 0.3) is 32.0 Å². The zero-order chi connectivity index (χ0) is 30.0. The Hall–Kier alpha value is -4.88. The number of aliphatic imine (C=N–C) groups is 1. The molecule has 0 bridgehead atoms. The van der Waals surface area contributed by atoms with Gasteiger partial charge in [-0.1, -0.05) is 61.4 Å². The quantitative estimate of drug-likeness (QED) is 0.194. The second kappa shape index (κ2) is 17.7. The molecular formula is C33H26N4OS3. The van der Waals surface area contributed by atoms with Crippen LogP contribution in [0.15, 0.2) is 128 Å². The molecule has 8 heteroatoms. The molecule has 3 aromatic heterocycles. The number of hydrogen-bond donors (Lipinski definition) is 1. The predicted octanol–water partition coefficient (Wildman–Crippen LogP) is 7.86. The summed E-state index contributed by atoms with van der Waals surface area (Å²) in [6.45, 7) is 13.6. The van der Waals surface area contributed by atoms with E-state index in [1.807, 2.05) is 43.5 Å². The molecule has 1 unspecified atom stereocenters. The summed E-state index contributed by atoms with van der Waals surface area (Å²) in [5, 5.41) is 3.68. The van der Waals surface area contributed by atoms with Crippen molar-refractivity contribution in [3.63, 3.8) is 0 Å². The maximum Gasteiger partial charge on any atom is 0.141 e. The van der Waals surface area contributed by atoms with Gasteiger partial charge >= 0.3 is 0 Å². The van der Waals surface area contributed by atoms with E-state index in [1.165, 1.54) is 11.3 Å². The van der Waals surface area contributed by atoms with E-state index in [0.717, 1.165) is 32.0 Å². The zero-order valence-corrected chi connectivity index (χ0v) is 25.3. The van der Waals surface area contributed by atoms with Gasteiger partial charge in [0.1, 0.15) is 19.7 Å². The fraction of sp³-hybridized carbons (Fsp3) is 0.121. The van der Waals surface area contributed by atoms with E-state index in [4.69, 9.17) is 10.7 Å². The Morgan fingerprint density at radius 2 is 1.61 bits per heavy atom. The molecule has 0 amide bonds. The topological polar surface area (TPSA) is 81.2 Å². The summed E-state index contributed by atoms with van der Waals surface area (Å²) in [4.78, 5) is 13.5. The minimum Gasteiger partial charge on any atom is -0.396 e. The fourth-order valence-electron chi connectivity index (χ4n) is 3.05. The van der Waals surface area contributed by atoms with Crippen molar-refractivity contribution in [2.24, 2.45) is 4.99 Å². The van der Waals surface area contributed by atoms with Gasteiger partial charge in [0.25, 0.3) is 0 Å². The van der Waals surface area contributed by atoms with E-state index in [9.17, 15) is 4.21 Å². The third-order valence-corrected chi connectivity index (χ3v) is 8.57. The van der Waals surface area contributed by atoms with Crippen molar-refractivity contribution in [3.05, 3.63) is 119 Å². The van der Waals surface area contributed by atoms with Crippen LogP contribution in [0, 0.1) is 0 Å². The summed E-state index contributed by atoms with van der Waals surface area (Å²) < 4.78 is 13.4. The van der Waals surface area contributed by atoms with E-state index >= 15 is 0 Å². The van der Waals surface area contributed by atoms with Gasteiger partial charge in [0.15, 0.2) is 0 Å². The number of fused-ring (bicyclic) bond motifs is 1. The highest BCUT2D eigenvalue weighted by Crippen LogP contribution is 2.43. The predicted molar refractivity (Wildman–Crippen MR) is 174 cm³/mol. The minimum atomic E-state index is -1.15. The molecule has 3 heterocycles. The van der Waals surface area contributed by atoms with Crippen LogP contribution in [-0.2, 0) is 10.8 Å². The third kappa shape index (κ3) is 9.67. The van der Waals surface area contributed by atoms with Crippen molar-refractivity contribution >= 4 is 55.2 Å². The number of nitrogens with two attached hydrogens (primary N) is 1. The van der Waals surface area contributed by atoms with Crippen molar-refractivity contribution in [1.29, 1.82) is 0 Å². The summed E-state index contributed by atoms with van der Waals surface area (Å²) in [5.41, 5.74) is 31.6. The molecule has 202 valence electrons. The smallest absolute Gasteiger partial charge is 0.141 e. The van der Waals surface area contributed by atoms with Crippen LogP contribution in [-0.4, -0.2) is 32.3 Å². The summed E-state index contributed by atoms with van der Waals surface area (Å²) in [5.74, 6) is 2.42. The van der Waals surface area contributed by atoms with Gasteiger partial charge in [-0.25, -0.2) is 15.0 Å². The molecule has 0 aliphatic carbocycles. The maximum atomic E-state index is 12.7. The van der Waals surface area contributed by atoms with Gasteiger partial charge in [-0.2, -0.15) is 0 Å². The first kappa shape index (κ1) is 32.3. The van der Waals surface area contributed by atoms with Gasteiger partial charge in [-0.3, -0.25) is 4.21 Å². The summed E-state index contributed by atoms with van der Waals surface area (Å²) in [6.07, 6.45) is 1.77. The van der Waals surface area contributed by atoms with Crippen LogP contribution < -0.4 is 5.73 Å². The standard InChI is InChI=1S/C19H17N3OS3.C7H5N.C7H4/c1-11(2)26(23)19-16(20)15-13(12-6-4-3-5-7-12)10-14(22-18(15)25-19)17-21-8-9-24-17;1-3-4-5-6-7-8-2;1-3-5-7-6-4-2/h3-11H,20H2,1-2H3;1H2,2H3;1-2H2. The van der Waals surface area contributed by atoms with Gasteiger partial charge in [0, 0.05) is 46.6 Å². The molecule has 1 atom stereocenters. The average molecular weight is 591 g/mol. The number of aromatic nitrogens is 2. The zero-order valence-electron chi connectivity index (χ0n) is 22.9. The van der Waals surface area contributed by atoms with Crippen LogP contribution >= 0.6 is 22.7 Å². The van der Waals surface area contributed by atoms with Crippen LogP contribution in [0.4, 0.5) is 5.69 Å². The van der Waals surface area contributed by atoms with Crippen LogP contribution in [0.5, 0.6) is 0 Å². The molecule has 0 spiro atoms. The highest BCUT2D eigenvalue weighted by molar-refractivity contribution is 7.88. The van der Waals surface area contributed by atoms with Crippen LogP contribution in [0.2, 0.25) is 0 Å². The number of nitrogen functional groups attached to an aromatic ring is 1. The van der Waals surface area contributed by atoms with Gasteiger partial charge in [0.05, 0.1) is 16.5 Å². The number of anilines is 1. The lowest BCUT2D eigenvalue weighted by Crippen LogP contribution is -2.05. The monoisotopic (exact) mass is 590 g/mol. The van der Waals surface area contributed by atoms with E-state index in [1.54, 1.807) is 24.6 Å². The first-order chi connectivity index (χ1) is 19.9. The molecule has 0 aliphatic rings. The van der Waals surface area contributed by atoms with Crippen molar-refractivity contribution in [1.82, 2.24) is 9.97 Å². The highest BCUT2D eigenvalue weighted by atomic mass is 32.2. The lowest BCUT2D eigenvalue weighted by molar-refractivity contribution is 0.678. The van der Waals surface area contributed by atoms with Crippen molar-refractivity contribution in [3.8, 4) is 21.8 Å². The number of pyridine rings is 1. The molecule has 5 nitrogen and oxygen atoms in total. The molecule has 0 saturated carbocycles. The molecule has 0 radical (unpaired) electrons. The van der Waals surface area contributed by atoms with Crippen molar-refractivity contribution in [2.75, 3.05) is 12.8 Å². The van der Waals surface area contributed by atoms with Gasteiger partial charge in [-0.05, 0) is 59.9 Å². The van der Waals surface area contributed by atoms with E-state index in [2.05, 4.69) is 99.3 Å². The average Bonchev–Trinajstić information content (AvgIpc) is 3.65. The molecule has 0 saturated heterocycles. The molecular weight excluding hydrogens is 565 g/mol. The molecule has 0 aliphatic heterocycles. The molecule has 4 aromatic rings. The lowest BCUT2D eigenvalue weighted by Gasteiger charge is -2.08. The highest BCUT2D eigenvalue weighted by Gasteiger charge is 2.22. The Bertz CT molecular complexity index is 1890.